The Labute approximate surface area is 80.3 Å². The minimum absolute atomic E-state index is 0.215. The van der Waals surface area contributed by atoms with Crippen LogP contribution in [0.2, 0.25) is 0 Å². The van der Waals surface area contributed by atoms with Crippen molar-refractivity contribution < 1.29 is 4.79 Å². The molecule has 1 heterocycles. The van der Waals surface area contributed by atoms with E-state index in [1.54, 1.807) is 0 Å². The van der Waals surface area contributed by atoms with Crippen molar-refractivity contribution in [3.63, 3.8) is 0 Å². The van der Waals surface area contributed by atoms with Gasteiger partial charge < -0.3 is 10.6 Å². The molecule has 0 spiro atoms. The second-order valence-corrected chi connectivity index (χ2v) is 4.23. The number of carbonyl (C=O) groups excluding carboxylic acids is 1. The summed E-state index contributed by atoms with van der Waals surface area (Å²) in [6.07, 6.45) is 0.713. The number of rotatable bonds is 4. The molecule has 13 heavy (non-hydrogen) atoms. The molecule has 1 amide bonds. The summed E-state index contributed by atoms with van der Waals surface area (Å²) in [6.45, 7) is 6.33. The van der Waals surface area contributed by atoms with Crippen molar-refractivity contribution in [3.05, 3.63) is 0 Å². The molecule has 1 aliphatic rings. The van der Waals surface area contributed by atoms with E-state index >= 15 is 0 Å². The smallest absolute Gasteiger partial charge is 0.220 e. The quantitative estimate of drug-likeness (QED) is 0.672. The highest BCUT2D eigenvalue weighted by molar-refractivity contribution is 5.78. The van der Waals surface area contributed by atoms with Crippen molar-refractivity contribution >= 4 is 5.91 Å². The molecule has 3 nitrogen and oxygen atoms in total. The molecular formula is C10H20N2O. The molecule has 0 aliphatic carbocycles. The van der Waals surface area contributed by atoms with E-state index in [-0.39, 0.29) is 5.91 Å². The lowest BCUT2D eigenvalue weighted by molar-refractivity contribution is -0.119. The summed E-state index contributed by atoms with van der Waals surface area (Å²) in [5, 5.41) is 6.10. The highest BCUT2D eigenvalue weighted by Gasteiger charge is 2.30. The Balaban J connectivity index is 2.49. The van der Waals surface area contributed by atoms with E-state index in [2.05, 4.69) is 24.5 Å². The molecule has 0 saturated carbocycles. The monoisotopic (exact) mass is 184 g/mol. The standard InChI is InChI=1S/C10H20N2O/c1-7(2)9(6-11-3)8-4-10(13)12-5-8/h7-9,11H,4-6H2,1-3H3,(H,12,13). The van der Waals surface area contributed by atoms with Gasteiger partial charge in [-0.2, -0.15) is 0 Å². The van der Waals surface area contributed by atoms with Gasteiger partial charge in [-0.05, 0) is 31.3 Å². The lowest BCUT2D eigenvalue weighted by Gasteiger charge is -2.25. The minimum Gasteiger partial charge on any atom is -0.356 e. The largest absolute Gasteiger partial charge is 0.356 e. The number of hydrogen-bond donors (Lipinski definition) is 2. The van der Waals surface area contributed by atoms with Crippen LogP contribution in [0.4, 0.5) is 0 Å². The summed E-state index contributed by atoms with van der Waals surface area (Å²) in [4.78, 5) is 11.1. The van der Waals surface area contributed by atoms with Crippen LogP contribution < -0.4 is 10.6 Å². The van der Waals surface area contributed by atoms with Gasteiger partial charge in [-0.15, -0.1) is 0 Å². The van der Waals surface area contributed by atoms with Gasteiger partial charge in [-0.3, -0.25) is 4.79 Å². The topological polar surface area (TPSA) is 41.1 Å². The van der Waals surface area contributed by atoms with Gasteiger partial charge in [0.05, 0.1) is 0 Å². The number of hydrogen-bond acceptors (Lipinski definition) is 2. The first-order valence-corrected chi connectivity index (χ1v) is 5.06. The Kier molecular flexibility index (Phi) is 3.72. The third kappa shape index (κ3) is 2.69. The lowest BCUT2D eigenvalue weighted by Crippen LogP contribution is -2.31. The normalized spacial score (nSPS) is 24.9. The van der Waals surface area contributed by atoms with E-state index in [0.29, 0.717) is 24.2 Å². The fraction of sp³-hybridized carbons (Fsp3) is 0.900. The van der Waals surface area contributed by atoms with E-state index in [1.165, 1.54) is 0 Å². The molecule has 2 atom stereocenters. The van der Waals surface area contributed by atoms with Crippen molar-refractivity contribution in [3.8, 4) is 0 Å². The minimum atomic E-state index is 0.215. The van der Waals surface area contributed by atoms with Crippen LogP contribution in [-0.4, -0.2) is 26.0 Å². The van der Waals surface area contributed by atoms with Crippen molar-refractivity contribution in [2.75, 3.05) is 20.1 Å². The Morgan fingerprint density at radius 1 is 1.62 bits per heavy atom. The van der Waals surface area contributed by atoms with Crippen LogP contribution in [0.25, 0.3) is 0 Å². The van der Waals surface area contributed by atoms with Crippen LogP contribution in [0.3, 0.4) is 0 Å². The van der Waals surface area contributed by atoms with Gasteiger partial charge in [-0.1, -0.05) is 13.8 Å². The Bertz CT molecular complexity index is 180. The molecule has 1 fully saturated rings. The second-order valence-electron chi connectivity index (χ2n) is 4.23. The molecule has 76 valence electrons. The van der Waals surface area contributed by atoms with Crippen molar-refractivity contribution in [1.82, 2.24) is 10.6 Å². The average Bonchev–Trinajstić information content (AvgIpc) is 2.46. The predicted molar refractivity (Wildman–Crippen MR) is 53.4 cm³/mol. The molecule has 3 heteroatoms. The maximum Gasteiger partial charge on any atom is 0.220 e. The van der Waals surface area contributed by atoms with Crippen molar-refractivity contribution in [2.24, 2.45) is 17.8 Å². The van der Waals surface area contributed by atoms with Gasteiger partial charge in [0, 0.05) is 13.0 Å². The zero-order valence-corrected chi connectivity index (χ0v) is 8.76. The fourth-order valence-electron chi connectivity index (χ4n) is 2.11. The van der Waals surface area contributed by atoms with E-state index < -0.39 is 0 Å². The van der Waals surface area contributed by atoms with Crippen LogP contribution in [0.5, 0.6) is 0 Å². The van der Waals surface area contributed by atoms with E-state index in [1.807, 2.05) is 7.05 Å². The number of amides is 1. The van der Waals surface area contributed by atoms with Crippen LogP contribution >= 0.6 is 0 Å². The molecule has 2 unspecified atom stereocenters. The first kappa shape index (κ1) is 10.5. The molecule has 1 rings (SSSR count). The van der Waals surface area contributed by atoms with Gasteiger partial charge in [0.15, 0.2) is 0 Å². The average molecular weight is 184 g/mol. The molecule has 0 bridgehead atoms. The Morgan fingerprint density at radius 2 is 2.31 bits per heavy atom. The van der Waals surface area contributed by atoms with Crippen LogP contribution in [0, 0.1) is 17.8 Å². The third-order valence-corrected chi connectivity index (χ3v) is 2.91. The molecule has 1 aliphatic heterocycles. The van der Waals surface area contributed by atoms with Gasteiger partial charge >= 0.3 is 0 Å². The molecule has 0 aromatic rings. The third-order valence-electron chi connectivity index (χ3n) is 2.91. The van der Waals surface area contributed by atoms with Gasteiger partial charge in [-0.25, -0.2) is 0 Å². The lowest BCUT2D eigenvalue weighted by atomic mass is 9.82. The molecule has 0 aromatic carbocycles. The zero-order chi connectivity index (χ0) is 9.84. The number of carbonyl (C=O) groups is 1. The SMILES string of the molecule is CNCC(C(C)C)C1CNC(=O)C1. The highest BCUT2D eigenvalue weighted by Crippen LogP contribution is 2.25. The van der Waals surface area contributed by atoms with E-state index in [9.17, 15) is 4.79 Å². The van der Waals surface area contributed by atoms with Crippen molar-refractivity contribution in [2.45, 2.75) is 20.3 Å². The summed E-state index contributed by atoms with van der Waals surface area (Å²) in [6, 6.07) is 0. The summed E-state index contributed by atoms with van der Waals surface area (Å²) >= 11 is 0. The summed E-state index contributed by atoms with van der Waals surface area (Å²) in [5.41, 5.74) is 0. The van der Waals surface area contributed by atoms with Gasteiger partial charge in [0.2, 0.25) is 5.91 Å². The summed E-state index contributed by atoms with van der Waals surface area (Å²) in [7, 11) is 1.97. The summed E-state index contributed by atoms with van der Waals surface area (Å²) in [5.74, 6) is 2.00. The van der Waals surface area contributed by atoms with Gasteiger partial charge in [0.1, 0.15) is 0 Å². The second kappa shape index (κ2) is 4.61. The Morgan fingerprint density at radius 3 is 2.69 bits per heavy atom. The number of nitrogens with one attached hydrogen (secondary N) is 2. The fourth-order valence-corrected chi connectivity index (χ4v) is 2.11. The van der Waals surface area contributed by atoms with Crippen molar-refractivity contribution in [1.29, 1.82) is 0 Å². The van der Waals surface area contributed by atoms with Crippen LogP contribution in [0.1, 0.15) is 20.3 Å². The van der Waals surface area contributed by atoms with Crippen LogP contribution in [0.15, 0.2) is 0 Å². The Hall–Kier alpha value is -0.570. The van der Waals surface area contributed by atoms with Gasteiger partial charge in [0.25, 0.3) is 0 Å². The maximum atomic E-state index is 11.1. The zero-order valence-electron chi connectivity index (χ0n) is 8.76. The van der Waals surface area contributed by atoms with E-state index in [4.69, 9.17) is 0 Å². The first-order chi connectivity index (χ1) is 6.15. The predicted octanol–water partition coefficient (Wildman–Crippen LogP) is 0.614. The molecule has 1 saturated heterocycles. The summed E-state index contributed by atoms with van der Waals surface area (Å²) < 4.78 is 0. The first-order valence-electron chi connectivity index (χ1n) is 5.06. The maximum absolute atomic E-state index is 11.1. The molecule has 0 radical (unpaired) electrons. The molecule has 2 N–H and O–H groups in total. The molecule has 0 aromatic heterocycles. The van der Waals surface area contributed by atoms with E-state index in [0.717, 1.165) is 13.1 Å². The van der Waals surface area contributed by atoms with Crippen LogP contribution in [-0.2, 0) is 4.79 Å². The molecular weight excluding hydrogens is 164 g/mol. The highest BCUT2D eigenvalue weighted by atomic mass is 16.1.